The Bertz CT molecular complexity index is 831. The smallest absolute Gasteiger partial charge is 0.338 e. The summed E-state index contributed by atoms with van der Waals surface area (Å²) in [5, 5.41) is 20.2. The fourth-order valence-electron chi connectivity index (χ4n) is 2.84. The van der Waals surface area contributed by atoms with Gasteiger partial charge in [0.05, 0.1) is 18.1 Å². The summed E-state index contributed by atoms with van der Waals surface area (Å²) < 4.78 is 10.2. The lowest BCUT2D eigenvalue weighted by Gasteiger charge is -2.15. The van der Waals surface area contributed by atoms with E-state index in [4.69, 9.17) is 9.47 Å². The molecule has 2 rings (SSSR count). The highest BCUT2D eigenvalue weighted by Crippen LogP contribution is 2.38. The molecule has 0 bridgehead atoms. The molecular formula is C23H28O6. The van der Waals surface area contributed by atoms with Crippen molar-refractivity contribution in [1.29, 1.82) is 0 Å². The number of carbonyl (C=O) groups excluding carboxylic acids is 2. The van der Waals surface area contributed by atoms with Gasteiger partial charge in [0.1, 0.15) is 0 Å². The van der Waals surface area contributed by atoms with E-state index in [1.165, 1.54) is 5.56 Å². The molecule has 0 saturated heterocycles. The van der Waals surface area contributed by atoms with E-state index in [1.54, 1.807) is 6.92 Å². The molecule has 2 aromatic carbocycles. The number of hydrogen-bond acceptors (Lipinski definition) is 6. The summed E-state index contributed by atoms with van der Waals surface area (Å²) >= 11 is 0. The second-order valence-electron chi connectivity index (χ2n) is 7.46. The monoisotopic (exact) mass is 400 g/mol. The van der Waals surface area contributed by atoms with Crippen molar-refractivity contribution in [1.82, 2.24) is 0 Å². The minimum Gasteiger partial charge on any atom is -0.504 e. The third-order valence-corrected chi connectivity index (χ3v) is 4.40. The van der Waals surface area contributed by atoms with Crippen molar-refractivity contribution in [3.8, 4) is 17.2 Å². The predicted molar refractivity (Wildman–Crippen MR) is 109 cm³/mol. The molecule has 0 aromatic heterocycles. The van der Waals surface area contributed by atoms with Crippen LogP contribution < -0.4 is 4.74 Å². The first kappa shape index (κ1) is 22.3. The Balaban J connectivity index is 2.12. The highest BCUT2D eigenvalue weighted by Gasteiger charge is 2.23. The Hall–Kier alpha value is -3.02. The molecule has 1 atom stereocenters. The quantitative estimate of drug-likeness (QED) is 0.498. The van der Waals surface area contributed by atoms with Crippen molar-refractivity contribution in [2.24, 2.45) is 5.92 Å². The molecule has 0 saturated carbocycles. The zero-order chi connectivity index (χ0) is 21.6. The minimum absolute atomic E-state index is 0.0259. The molecule has 0 amide bonds. The number of aromatic hydroxyl groups is 2. The second kappa shape index (κ2) is 9.96. The van der Waals surface area contributed by atoms with Crippen LogP contribution in [0.4, 0.5) is 0 Å². The van der Waals surface area contributed by atoms with Gasteiger partial charge in [0.25, 0.3) is 0 Å². The Morgan fingerprint density at radius 2 is 1.59 bits per heavy atom. The highest BCUT2D eigenvalue weighted by atomic mass is 16.5. The molecule has 2 N–H and O–H groups in total. The number of carbonyl (C=O) groups is 2. The van der Waals surface area contributed by atoms with Crippen LogP contribution in [0.15, 0.2) is 36.4 Å². The van der Waals surface area contributed by atoms with Crippen molar-refractivity contribution < 1.29 is 29.3 Å². The maximum atomic E-state index is 12.5. The van der Waals surface area contributed by atoms with E-state index >= 15 is 0 Å². The molecule has 156 valence electrons. The third kappa shape index (κ3) is 5.98. The molecule has 29 heavy (non-hydrogen) atoms. The van der Waals surface area contributed by atoms with Gasteiger partial charge >= 0.3 is 11.9 Å². The first-order valence-electron chi connectivity index (χ1n) is 9.76. The van der Waals surface area contributed by atoms with Crippen LogP contribution in [-0.4, -0.2) is 28.8 Å². The maximum Gasteiger partial charge on any atom is 0.338 e. The van der Waals surface area contributed by atoms with E-state index in [0.717, 1.165) is 24.1 Å². The number of benzene rings is 2. The molecule has 0 fully saturated rings. The Morgan fingerprint density at radius 1 is 1.00 bits per heavy atom. The summed E-state index contributed by atoms with van der Waals surface area (Å²) in [6.45, 7) is 8.04. The largest absolute Gasteiger partial charge is 0.504 e. The lowest BCUT2D eigenvalue weighted by Crippen LogP contribution is -2.16. The molecular weight excluding hydrogens is 372 g/mol. The lowest BCUT2D eigenvalue weighted by molar-refractivity contribution is -0.135. The van der Waals surface area contributed by atoms with Gasteiger partial charge < -0.3 is 19.7 Å². The number of phenols is 2. The van der Waals surface area contributed by atoms with Gasteiger partial charge in [0.2, 0.25) is 5.75 Å². The molecule has 0 spiro atoms. The van der Waals surface area contributed by atoms with Gasteiger partial charge in [-0.25, -0.2) is 4.79 Å². The van der Waals surface area contributed by atoms with Gasteiger partial charge in [-0.15, -0.1) is 0 Å². The number of rotatable bonds is 8. The van der Waals surface area contributed by atoms with E-state index in [1.807, 2.05) is 31.2 Å². The molecule has 0 aliphatic carbocycles. The summed E-state index contributed by atoms with van der Waals surface area (Å²) in [7, 11) is 0. The predicted octanol–water partition coefficient (Wildman–Crippen LogP) is 4.57. The summed E-state index contributed by atoms with van der Waals surface area (Å²) in [5.41, 5.74) is 1.92. The van der Waals surface area contributed by atoms with Gasteiger partial charge in [-0.3, -0.25) is 4.79 Å². The molecule has 6 heteroatoms. The van der Waals surface area contributed by atoms with Crippen LogP contribution in [-0.2, 0) is 16.0 Å². The SMILES string of the molecule is CCCOC(=O)c1cc(O)c(OC(=O)C(C)c2ccc(CC(C)C)cc2)c(O)c1. The fraction of sp³-hybridized carbons (Fsp3) is 0.391. The van der Waals surface area contributed by atoms with Gasteiger partial charge in [-0.1, -0.05) is 45.0 Å². The van der Waals surface area contributed by atoms with Gasteiger partial charge in [-0.2, -0.15) is 0 Å². The van der Waals surface area contributed by atoms with E-state index < -0.39 is 29.4 Å². The van der Waals surface area contributed by atoms with Crippen molar-refractivity contribution in [2.45, 2.75) is 46.5 Å². The number of ether oxygens (including phenoxy) is 2. The van der Waals surface area contributed by atoms with Crippen LogP contribution in [0.2, 0.25) is 0 Å². The maximum absolute atomic E-state index is 12.5. The molecule has 1 unspecified atom stereocenters. The average Bonchev–Trinajstić information content (AvgIpc) is 2.68. The third-order valence-electron chi connectivity index (χ3n) is 4.40. The molecule has 2 aromatic rings. The number of phenolic OH excluding ortho intramolecular Hbond substituents is 2. The van der Waals surface area contributed by atoms with E-state index in [-0.39, 0.29) is 17.9 Å². The summed E-state index contributed by atoms with van der Waals surface area (Å²) in [6, 6.07) is 9.90. The molecule has 0 radical (unpaired) electrons. The Labute approximate surface area is 171 Å². The van der Waals surface area contributed by atoms with Crippen LogP contribution in [0, 0.1) is 5.92 Å². The van der Waals surface area contributed by atoms with Gasteiger partial charge in [-0.05, 0) is 48.9 Å². The molecule has 0 aliphatic heterocycles. The topological polar surface area (TPSA) is 93.1 Å². The lowest BCUT2D eigenvalue weighted by atomic mass is 9.97. The fourth-order valence-corrected chi connectivity index (χ4v) is 2.84. The number of hydrogen-bond donors (Lipinski definition) is 2. The van der Waals surface area contributed by atoms with E-state index in [0.29, 0.717) is 12.3 Å². The van der Waals surface area contributed by atoms with Gasteiger partial charge in [0.15, 0.2) is 11.5 Å². The molecule has 6 nitrogen and oxygen atoms in total. The van der Waals surface area contributed by atoms with E-state index in [9.17, 15) is 19.8 Å². The van der Waals surface area contributed by atoms with Crippen LogP contribution in [0.25, 0.3) is 0 Å². The van der Waals surface area contributed by atoms with Gasteiger partial charge in [0, 0.05) is 0 Å². The van der Waals surface area contributed by atoms with Crippen molar-refractivity contribution in [2.75, 3.05) is 6.61 Å². The summed E-state index contributed by atoms with van der Waals surface area (Å²) in [5.74, 6) is -2.78. The standard InChI is InChI=1S/C23H28O6/c1-5-10-28-23(27)18-12-19(24)21(20(25)13-18)29-22(26)15(4)17-8-6-16(7-9-17)11-14(2)3/h6-9,12-15,24-25H,5,10-11H2,1-4H3. The van der Waals surface area contributed by atoms with Crippen LogP contribution in [0.3, 0.4) is 0 Å². The average molecular weight is 400 g/mol. The zero-order valence-electron chi connectivity index (χ0n) is 17.3. The first-order chi connectivity index (χ1) is 13.7. The normalized spacial score (nSPS) is 11.9. The van der Waals surface area contributed by atoms with Crippen molar-refractivity contribution in [3.63, 3.8) is 0 Å². The van der Waals surface area contributed by atoms with Crippen molar-refractivity contribution >= 4 is 11.9 Å². The van der Waals surface area contributed by atoms with E-state index in [2.05, 4.69) is 13.8 Å². The first-order valence-corrected chi connectivity index (χ1v) is 9.76. The van der Waals surface area contributed by atoms with Crippen LogP contribution >= 0.6 is 0 Å². The van der Waals surface area contributed by atoms with Crippen LogP contribution in [0.1, 0.15) is 61.5 Å². The Kier molecular flexibility index (Phi) is 7.65. The van der Waals surface area contributed by atoms with Crippen LogP contribution in [0.5, 0.6) is 17.2 Å². The zero-order valence-corrected chi connectivity index (χ0v) is 17.3. The molecule has 0 aliphatic rings. The Morgan fingerprint density at radius 3 is 2.10 bits per heavy atom. The second-order valence-corrected chi connectivity index (χ2v) is 7.46. The van der Waals surface area contributed by atoms with Crippen molar-refractivity contribution in [3.05, 3.63) is 53.1 Å². The number of esters is 2. The minimum atomic E-state index is -0.676. The summed E-state index contributed by atoms with van der Waals surface area (Å²) in [6.07, 6.45) is 1.60. The summed E-state index contributed by atoms with van der Waals surface area (Å²) in [4.78, 5) is 24.4. The highest BCUT2D eigenvalue weighted by molar-refractivity contribution is 5.91. The molecule has 0 heterocycles.